The van der Waals surface area contributed by atoms with Crippen LogP contribution in [0, 0.1) is 0 Å². The SMILES string of the molecule is CC(=O)O.Oc1cc(Cl)c(Cl)cc1Cl. The van der Waals surface area contributed by atoms with E-state index in [1.54, 1.807) is 0 Å². The zero-order chi connectivity index (χ0) is 11.3. The Kier molecular flexibility index (Phi) is 5.69. The molecular weight excluding hydrogens is 250 g/mol. The summed E-state index contributed by atoms with van der Waals surface area (Å²) in [4.78, 5) is 9.00. The minimum absolute atomic E-state index is 0.0592. The van der Waals surface area contributed by atoms with Crippen LogP contribution >= 0.6 is 34.8 Å². The van der Waals surface area contributed by atoms with E-state index in [0.717, 1.165) is 6.92 Å². The smallest absolute Gasteiger partial charge is 0.300 e. The largest absolute Gasteiger partial charge is 0.506 e. The number of aliphatic carboxylic acids is 1. The minimum Gasteiger partial charge on any atom is -0.506 e. The highest BCUT2D eigenvalue weighted by Crippen LogP contribution is 2.32. The molecule has 0 spiro atoms. The molecule has 0 unspecified atom stereocenters. The third-order valence-corrected chi connectivity index (χ3v) is 2.01. The standard InChI is InChI=1S/C6H3Cl3O.C2H4O2/c7-3-1-5(9)6(10)2-4(3)8;1-2(3)4/h1-2,10H;1H3,(H,3,4). The summed E-state index contributed by atoms with van der Waals surface area (Å²) in [7, 11) is 0. The van der Waals surface area contributed by atoms with Gasteiger partial charge in [0.1, 0.15) is 5.75 Å². The second kappa shape index (κ2) is 5.96. The Balaban J connectivity index is 0.000000364. The summed E-state index contributed by atoms with van der Waals surface area (Å²) in [5.41, 5.74) is 0. The predicted octanol–water partition coefficient (Wildman–Crippen LogP) is 3.44. The van der Waals surface area contributed by atoms with E-state index in [1.165, 1.54) is 12.1 Å². The fourth-order valence-electron chi connectivity index (χ4n) is 0.512. The number of hydrogen-bond acceptors (Lipinski definition) is 2. The maximum atomic E-state index is 9.00. The number of phenols is 1. The van der Waals surface area contributed by atoms with Gasteiger partial charge in [-0.3, -0.25) is 4.79 Å². The number of carboxylic acids is 1. The van der Waals surface area contributed by atoms with E-state index in [-0.39, 0.29) is 10.8 Å². The molecule has 6 heteroatoms. The number of rotatable bonds is 0. The van der Waals surface area contributed by atoms with Gasteiger partial charge in [0.15, 0.2) is 0 Å². The first kappa shape index (κ1) is 13.4. The van der Waals surface area contributed by atoms with Crippen LogP contribution in [-0.4, -0.2) is 16.2 Å². The zero-order valence-electron chi connectivity index (χ0n) is 7.09. The summed E-state index contributed by atoms with van der Waals surface area (Å²) in [6.45, 7) is 1.08. The molecule has 0 atom stereocenters. The molecule has 0 fully saturated rings. The number of halogens is 3. The van der Waals surface area contributed by atoms with Crippen molar-refractivity contribution in [3.05, 3.63) is 27.2 Å². The van der Waals surface area contributed by atoms with Crippen LogP contribution in [0.4, 0.5) is 0 Å². The van der Waals surface area contributed by atoms with Crippen molar-refractivity contribution >= 4 is 40.8 Å². The Morgan fingerprint density at radius 1 is 1.14 bits per heavy atom. The van der Waals surface area contributed by atoms with Gasteiger partial charge in [-0.25, -0.2) is 0 Å². The zero-order valence-corrected chi connectivity index (χ0v) is 9.36. The molecule has 0 aliphatic heterocycles. The van der Waals surface area contributed by atoms with Gasteiger partial charge in [0.05, 0.1) is 15.1 Å². The number of phenolic OH excluding ortho intramolecular Hbond substituents is 1. The van der Waals surface area contributed by atoms with E-state index in [2.05, 4.69) is 0 Å². The molecule has 1 aromatic rings. The maximum Gasteiger partial charge on any atom is 0.300 e. The molecule has 0 heterocycles. The summed E-state index contributed by atoms with van der Waals surface area (Å²) in [5.74, 6) is -0.893. The first-order chi connectivity index (χ1) is 6.34. The number of hydrogen-bond donors (Lipinski definition) is 2. The molecule has 0 aliphatic rings. The van der Waals surface area contributed by atoms with Crippen molar-refractivity contribution in [3.8, 4) is 5.75 Å². The first-order valence-electron chi connectivity index (χ1n) is 3.37. The molecule has 0 aromatic heterocycles. The lowest BCUT2D eigenvalue weighted by Crippen LogP contribution is -1.78. The highest BCUT2D eigenvalue weighted by Gasteiger charge is 2.02. The molecule has 0 bridgehead atoms. The van der Waals surface area contributed by atoms with Crippen LogP contribution in [0.15, 0.2) is 12.1 Å². The van der Waals surface area contributed by atoms with Gasteiger partial charge >= 0.3 is 0 Å². The Morgan fingerprint density at radius 3 is 1.86 bits per heavy atom. The van der Waals surface area contributed by atoms with Crippen molar-refractivity contribution in [2.45, 2.75) is 6.92 Å². The normalized spacial score (nSPS) is 8.86. The van der Waals surface area contributed by atoms with E-state index in [9.17, 15) is 0 Å². The summed E-state index contributed by atoms with van der Waals surface area (Å²) in [6, 6.07) is 2.69. The van der Waals surface area contributed by atoms with Crippen molar-refractivity contribution in [1.29, 1.82) is 0 Å². The van der Waals surface area contributed by atoms with Crippen molar-refractivity contribution < 1.29 is 15.0 Å². The van der Waals surface area contributed by atoms with Crippen LogP contribution in [-0.2, 0) is 4.79 Å². The van der Waals surface area contributed by atoms with E-state index in [1.807, 2.05) is 0 Å². The monoisotopic (exact) mass is 256 g/mol. The summed E-state index contributed by atoms with van der Waals surface area (Å²) in [6.07, 6.45) is 0. The molecule has 0 saturated heterocycles. The van der Waals surface area contributed by atoms with Crippen molar-refractivity contribution in [2.75, 3.05) is 0 Å². The second-order valence-corrected chi connectivity index (χ2v) is 3.46. The number of carboxylic acid groups (broad SMARTS) is 1. The summed E-state index contributed by atoms with van der Waals surface area (Å²) in [5, 5.41) is 17.2. The van der Waals surface area contributed by atoms with Crippen LogP contribution in [0.25, 0.3) is 0 Å². The minimum atomic E-state index is -0.833. The lowest BCUT2D eigenvalue weighted by atomic mass is 10.3. The van der Waals surface area contributed by atoms with Crippen molar-refractivity contribution in [2.24, 2.45) is 0 Å². The Labute approximate surface area is 95.8 Å². The quantitative estimate of drug-likeness (QED) is 0.700. The Morgan fingerprint density at radius 2 is 1.50 bits per heavy atom. The van der Waals surface area contributed by atoms with E-state index in [0.29, 0.717) is 10.0 Å². The van der Waals surface area contributed by atoms with Crippen LogP contribution in [0.5, 0.6) is 5.75 Å². The van der Waals surface area contributed by atoms with Crippen LogP contribution in [0.2, 0.25) is 15.1 Å². The highest BCUT2D eigenvalue weighted by atomic mass is 35.5. The topological polar surface area (TPSA) is 57.5 Å². The van der Waals surface area contributed by atoms with Crippen molar-refractivity contribution in [3.63, 3.8) is 0 Å². The molecule has 2 N–H and O–H groups in total. The second-order valence-electron chi connectivity index (χ2n) is 2.24. The average Bonchev–Trinajstić information content (AvgIpc) is 2.00. The number of benzene rings is 1. The maximum absolute atomic E-state index is 9.00. The molecular formula is C8H7Cl3O3. The van der Waals surface area contributed by atoms with E-state index in [4.69, 9.17) is 49.8 Å². The van der Waals surface area contributed by atoms with Crippen molar-refractivity contribution in [1.82, 2.24) is 0 Å². The fraction of sp³-hybridized carbons (Fsp3) is 0.125. The van der Waals surface area contributed by atoms with Gasteiger partial charge in [0, 0.05) is 13.0 Å². The fourth-order valence-corrected chi connectivity index (χ4v) is 1.05. The summed E-state index contributed by atoms with van der Waals surface area (Å²) < 4.78 is 0. The number of carbonyl (C=O) groups is 1. The lowest BCUT2D eigenvalue weighted by Gasteiger charge is -1.97. The van der Waals surface area contributed by atoms with Crippen LogP contribution < -0.4 is 0 Å². The highest BCUT2D eigenvalue weighted by molar-refractivity contribution is 6.43. The van der Waals surface area contributed by atoms with E-state index < -0.39 is 5.97 Å². The molecule has 0 radical (unpaired) electrons. The molecule has 1 rings (SSSR count). The molecule has 0 saturated carbocycles. The first-order valence-corrected chi connectivity index (χ1v) is 4.51. The van der Waals surface area contributed by atoms with Gasteiger partial charge < -0.3 is 10.2 Å². The molecule has 1 aromatic carbocycles. The van der Waals surface area contributed by atoms with Gasteiger partial charge in [-0.2, -0.15) is 0 Å². The van der Waals surface area contributed by atoms with Crippen LogP contribution in [0.1, 0.15) is 6.92 Å². The molecule has 78 valence electrons. The van der Waals surface area contributed by atoms with Gasteiger partial charge in [-0.05, 0) is 6.07 Å². The number of aromatic hydroxyl groups is 1. The van der Waals surface area contributed by atoms with E-state index >= 15 is 0 Å². The Bertz CT molecular complexity index is 285. The molecule has 14 heavy (non-hydrogen) atoms. The Hall–Kier alpha value is -0.640. The predicted molar refractivity (Wildman–Crippen MR) is 56.4 cm³/mol. The van der Waals surface area contributed by atoms with Gasteiger partial charge in [-0.15, -0.1) is 0 Å². The third kappa shape index (κ3) is 5.17. The average molecular weight is 258 g/mol. The molecule has 0 amide bonds. The van der Waals surface area contributed by atoms with Gasteiger partial charge in [0.2, 0.25) is 0 Å². The molecule has 3 nitrogen and oxygen atoms in total. The van der Waals surface area contributed by atoms with Gasteiger partial charge in [0.25, 0.3) is 5.97 Å². The summed E-state index contributed by atoms with van der Waals surface area (Å²) >= 11 is 16.6. The molecule has 0 aliphatic carbocycles. The lowest BCUT2D eigenvalue weighted by molar-refractivity contribution is -0.134. The van der Waals surface area contributed by atoms with Gasteiger partial charge in [-0.1, -0.05) is 34.8 Å². The third-order valence-electron chi connectivity index (χ3n) is 0.990. The van der Waals surface area contributed by atoms with Crippen LogP contribution in [0.3, 0.4) is 0 Å².